The Kier molecular flexibility index (Phi) is 6.46. The lowest BCUT2D eigenvalue weighted by atomic mass is 9.77. The van der Waals surface area contributed by atoms with Gasteiger partial charge in [0.25, 0.3) is 0 Å². The molecule has 0 amide bonds. The van der Waals surface area contributed by atoms with Gasteiger partial charge in [-0.3, -0.25) is 4.79 Å². The first-order valence-corrected chi connectivity index (χ1v) is 11.6. The number of halogens is 3. The largest absolute Gasteiger partial charge is 0.352 e. The maximum atomic E-state index is 12.9. The summed E-state index contributed by atoms with van der Waals surface area (Å²) in [5.74, 6) is 0.117. The van der Waals surface area contributed by atoms with Crippen molar-refractivity contribution in [2.45, 2.75) is 30.9 Å². The van der Waals surface area contributed by atoms with E-state index >= 15 is 0 Å². The average Bonchev–Trinajstić information content (AvgIpc) is 2.74. The van der Waals surface area contributed by atoms with Crippen molar-refractivity contribution in [3.63, 3.8) is 0 Å². The molecule has 2 aliphatic rings. The van der Waals surface area contributed by atoms with Crippen molar-refractivity contribution in [3.8, 4) is 6.07 Å². The van der Waals surface area contributed by atoms with Crippen LogP contribution in [0.15, 0.2) is 64.3 Å². The van der Waals surface area contributed by atoms with E-state index in [0.29, 0.717) is 44.0 Å². The summed E-state index contributed by atoms with van der Waals surface area (Å²) in [6, 6.07) is 15.3. The Morgan fingerprint density at radius 2 is 1.83 bits per heavy atom. The Bertz CT molecular complexity index is 1130. The van der Waals surface area contributed by atoms with E-state index in [1.165, 1.54) is 11.8 Å². The second kappa shape index (κ2) is 9.08. The second-order valence-electron chi connectivity index (χ2n) is 7.10. The normalized spacial score (nSPS) is 18.7. The lowest BCUT2D eigenvalue weighted by Crippen LogP contribution is -2.31. The number of nitrogens with one attached hydrogen (secondary N) is 1. The minimum Gasteiger partial charge on any atom is -0.352 e. The Morgan fingerprint density at radius 3 is 2.60 bits per heavy atom. The average molecular weight is 476 g/mol. The number of carbonyl (C=O) groups is 1. The quantitative estimate of drug-likeness (QED) is 0.517. The molecule has 1 heterocycles. The fourth-order valence-electron chi connectivity index (χ4n) is 3.86. The van der Waals surface area contributed by atoms with Crippen molar-refractivity contribution in [1.29, 1.82) is 5.26 Å². The fraction of sp³-hybridized carbons (Fsp3) is 0.217. The predicted molar refractivity (Wildman–Crippen MR) is 124 cm³/mol. The molecule has 0 bridgehead atoms. The highest BCUT2D eigenvalue weighted by atomic mass is 35.5. The molecule has 0 unspecified atom stereocenters. The molecule has 3 nitrogen and oxygen atoms in total. The van der Waals surface area contributed by atoms with Gasteiger partial charge in [0.05, 0.1) is 32.6 Å². The number of carbonyl (C=O) groups excluding carboxylic acids is 1. The summed E-state index contributed by atoms with van der Waals surface area (Å²) < 4.78 is 0. The van der Waals surface area contributed by atoms with Gasteiger partial charge in [0.1, 0.15) is 0 Å². The number of benzene rings is 2. The maximum Gasteiger partial charge on any atom is 0.161 e. The zero-order chi connectivity index (χ0) is 21.3. The highest BCUT2D eigenvalue weighted by Crippen LogP contribution is 2.47. The monoisotopic (exact) mass is 474 g/mol. The van der Waals surface area contributed by atoms with Gasteiger partial charge in [0.2, 0.25) is 0 Å². The molecule has 1 atom stereocenters. The molecular formula is C23H17Cl3N2OS. The smallest absolute Gasteiger partial charge is 0.161 e. The van der Waals surface area contributed by atoms with E-state index in [9.17, 15) is 10.1 Å². The molecule has 0 aromatic heterocycles. The number of Topliss-reactive ketones (excluding diaryl/α,β-unsaturated/α-hetero) is 1. The minimum atomic E-state index is -0.529. The van der Waals surface area contributed by atoms with E-state index in [-0.39, 0.29) is 5.78 Å². The molecule has 152 valence electrons. The molecular weight excluding hydrogens is 459 g/mol. The molecule has 30 heavy (non-hydrogen) atoms. The lowest BCUT2D eigenvalue weighted by molar-refractivity contribution is -0.116. The molecule has 4 rings (SSSR count). The molecule has 2 aromatic rings. The Balaban J connectivity index is 1.80. The van der Waals surface area contributed by atoms with Crippen molar-refractivity contribution in [2.75, 3.05) is 0 Å². The third-order valence-corrected chi connectivity index (χ3v) is 7.55. The van der Waals surface area contributed by atoms with Crippen molar-refractivity contribution < 1.29 is 4.79 Å². The Hall–Kier alpha value is -1.90. The van der Waals surface area contributed by atoms with E-state index in [0.717, 1.165) is 29.1 Å². The van der Waals surface area contributed by atoms with Gasteiger partial charge in [0, 0.05) is 28.5 Å². The van der Waals surface area contributed by atoms with Crippen molar-refractivity contribution >= 4 is 52.3 Å². The number of thioether (sulfide) groups is 1. The van der Waals surface area contributed by atoms with Gasteiger partial charge < -0.3 is 5.32 Å². The topological polar surface area (TPSA) is 52.9 Å². The van der Waals surface area contributed by atoms with E-state index in [2.05, 4.69) is 11.4 Å². The van der Waals surface area contributed by atoms with Crippen LogP contribution in [0.4, 0.5) is 0 Å². The third kappa shape index (κ3) is 4.00. The summed E-state index contributed by atoms with van der Waals surface area (Å²) in [4.78, 5) is 12.9. The van der Waals surface area contributed by atoms with E-state index < -0.39 is 5.92 Å². The van der Waals surface area contributed by atoms with Crippen LogP contribution in [0.1, 0.15) is 36.3 Å². The van der Waals surface area contributed by atoms with Crippen LogP contribution in [0.5, 0.6) is 0 Å². The summed E-state index contributed by atoms with van der Waals surface area (Å²) in [6.45, 7) is 0. The summed E-state index contributed by atoms with van der Waals surface area (Å²) in [6.07, 6.45) is 2.01. The molecule has 1 aliphatic heterocycles. The number of rotatable bonds is 4. The molecule has 2 aromatic carbocycles. The van der Waals surface area contributed by atoms with Crippen LogP contribution in [-0.4, -0.2) is 5.78 Å². The van der Waals surface area contributed by atoms with Gasteiger partial charge in [-0.15, -0.1) is 11.8 Å². The predicted octanol–water partition coefficient (Wildman–Crippen LogP) is 7.01. The first-order valence-electron chi connectivity index (χ1n) is 9.49. The molecule has 0 saturated heterocycles. The summed E-state index contributed by atoms with van der Waals surface area (Å²) in [5.41, 5.74) is 3.63. The van der Waals surface area contributed by atoms with Crippen LogP contribution in [0, 0.1) is 11.3 Å². The van der Waals surface area contributed by atoms with Crippen LogP contribution < -0.4 is 5.32 Å². The second-order valence-corrected chi connectivity index (χ2v) is 9.28. The third-order valence-electron chi connectivity index (χ3n) is 5.29. The molecule has 7 heteroatoms. The molecule has 0 radical (unpaired) electrons. The highest BCUT2D eigenvalue weighted by molar-refractivity contribution is 8.02. The van der Waals surface area contributed by atoms with Crippen LogP contribution in [-0.2, 0) is 10.5 Å². The molecule has 1 aliphatic carbocycles. The zero-order valence-corrected chi connectivity index (χ0v) is 18.9. The van der Waals surface area contributed by atoms with E-state index in [1.54, 1.807) is 12.1 Å². The number of nitriles is 1. The van der Waals surface area contributed by atoms with Gasteiger partial charge in [-0.2, -0.15) is 5.26 Å². The Morgan fingerprint density at radius 1 is 1.07 bits per heavy atom. The number of hydrogen-bond acceptors (Lipinski definition) is 4. The lowest BCUT2D eigenvalue weighted by Gasteiger charge is -2.33. The van der Waals surface area contributed by atoms with Gasteiger partial charge in [-0.25, -0.2) is 0 Å². The molecule has 0 saturated carbocycles. The molecule has 0 fully saturated rings. The van der Waals surface area contributed by atoms with Crippen molar-refractivity contribution in [3.05, 3.63) is 90.5 Å². The standard InChI is InChI=1S/C23H17Cl3N2OS/c24-16-7-2-1-5-13(16)12-30-23-15(11-27)20(14-6-3-8-17(25)22(14)26)21-18(28-23)9-4-10-19(21)29/h1-3,5-8,20,28H,4,9-10,12H2/t20-/m1/s1. The number of ketones is 1. The number of nitrogens with zero attached hydrogens (tertiary/aromatic N) is 1. The summed E-state index contributed by atoms with van der Waals surface area (Å²) in [7, 11) is 0. The van der Waals surface area contributed by atoms with Crippen LogP contribution in [0.3, 0.4) is 0 Å². The molecule has 0 spiro atoms. The Labute approximate surface area is 194 Å². The van der Waals surface area contributed by atoms with Crippen molar-refractivity contribution in [2.24, 2.45) is 0 Å². The van der Waals surface area contributed by atoms with Gasteiger partial charge in [0.15, 0.2) is 5.78 Å². The molecule has 1 N–H and O–H groups in total. The van der Waals surface area contributed by atoms with Crippen LogP contribution in [0.2, 0.25) is 15.1 Å². The fourth-order valence-corrected chi connectivity index (χ4v) is 5.62. The zero-order valence-electron chi connectivity index (χ0n) is 15.8. The summed E-state index contributed by atoms with van der Waals surface area (Å²) >= 11 is 20.6. The highest BCUT2D eigenvalue weighted by Gasteiger charge is 2.38. The first-order chi connectivity index (χ1) is 14.5. The summed E-state index contributed by atoms with van der Waals surface area (Å²) in [5, 5.41) is 15.6. The van der Waals surface area contributed by atoms with E-state index in [1.807, 2.05) is 30.3 Å². The van der Waals surface area contributed by atoms with Crippen molar-refractivity contribution in [1.82, 2.24) is 5.32 Å². The van der Waals surface area contributed by atoms with Crippen LogP contribution >= 0.6 is 46.6 Å². The van der Waals surface area contributed by atoms with Gasteiger partial charge >= 0.3 is 0 Å². The van der Waals surface area contributed by atoms with Crippen LogP contribution in [0.25, 0.3) is 0 Å². The number of hydrogen-bond donors (Lipinski definition) is 1. The van der Waals surface area contributed by atoms with E-state index in [4.69, 9.17) is 34.8 Å². The maximum absolute atomic E-state index is 12.9. The van der Waals surface area contributed by atoms with Gasteiger partial charge in [-0.1, -0.05) is 65.1 Å². The SMILES string of the molecule is N#CC1=C(SCc2ccccc2Cl)NC2=C(C(=O)CCC2)[C@@H]1c1cccc(Cl)c1Cl. The first kappa shape index (κ1) is 21.3. The minimum absolute atomic E-state index is 0.0488. The number of allylic oxidation sites excluding steroid dienone is 3. The number of dihydropyridines is 1. The van der Waals surface area contributed by atoms with Gasteiger partial charge in [-0.05, 0) is 36.1 Å².